The Kier molecular flexibility index (Phi) is 5.08. The maximum Gasteiger partial charge on any atom is 0.251 e. The summed E-state index contributed by atoms with van der Waals surface area (Å²) in [4.78, 5) is 19.2. The first-order valence-electron chi connectivity index (χ1n) is 10.4. The first-order chi connectivity index (χ1) is 14.2. The fraction of sp³-hybridized carbons (Fsp3) is 0.455. The quantitative estimate of drug-likeness (QED) is 0.811. The third-order valence-corrected chi connectivity index (χ3v) is 6.02. The highest BCUT2D eigenvalue weighted by atomic mass is 16.5. The summed E-state index contributed by atoms with van der Waals surface area (Å²) in [7, 11) is 0. The summed E-state index contributed by atoms with van der Waals surface area (Å²) in [6.45, 7) is 3.18. The number of carbonyl (C=O) groups is 1. The summed E-state index contributed by atoms with van der Waals surface area (Å²) in [5.41, 5.74) is 0.654. The molecule has 0 unspecified atom stereocenters. The molecule has 1 aromatic carbocycles. The molecule has 7 nitrogen and oxygen atoms in total. The molecule has 2 bridgehead atoms. The number of nitrogens with zero attached hydrogens (tertiary/aromatic N) is 2. The molecule has 29 heavy (non-hydrogen) atoms. The van der Waals surface area contributed by atoms with Gasteiger partial charge in [0.2, 0.25) is 0 Å². The molecule has 3 fully saturated rings. The molecule has 2 N–H and O–H groups in total. The zero-order valence-electron chi connectivity index (χ0n) is 16.3. The number of ether oxygens (including phenoxy) is 2. The zero-order chi connectivity index (χ0) is 19.6. The van der Waals surface area contributed by atoms with Gasteiger partial charge >= 0.3 is 0 Å². The number of hydrogen-bond donors (Lipinski definition) is 2. The van der Waals surface area contributed by atoms with Crippen LogP contribution in [0.3, 0.4) is 0 Å². The van der Waals surface area contributed by atoms with Crippen LogP contribution in [0.1, 0.15) is 29.6 Å². The molecule has 1 amide bonds. The predicted molar refractivity (Wildman–Crippen MR) is 110 cm³/mol. The van der Waals surface area contributed by atoms with E-state index in [2.05, 4.69) is 20.5 Å². The first-order valence-corrected chi connectivity index (χ1v) is 10.4. The van der Waals surface area contributed by atoms with Gasteiger partial charge in [0.05, 0.1) is 19.4 Å². The Morgan fingerprint density at radius 3 is 2.55 bits per heavy atom. The van der Waals surface area contributed by atoms with Gasteiger partial charge in [-0.15, -0.1) is 0 Å². The van der Waals surface area contributed by atoms with Gasteiger partial charge in [-0.3, -0.25) is 4.79 Å². The number of aromatic nitrogens is 1. The molecule has 2 aromatic rings. The summed E-state index contributed by atoms with van der Waals surface area (Å²) in [6.07, 6.45) is 5.14. The number of benzene rings is 1. The van der Waals surface area contributed by atoms with Crippen molar-refractivity contribution in [1.82, 2.24) is 15.6 Å². The van der Waals surface area contributed by atoms with Crippen LogP contribution in [0, 0.1) is 0 Å². The van der Waals surface area contributed by atoms with E-state index in [1.54, 1.807) is 18.3 Å². The number of carbonyl (C=O) groups excluding carboxylic acids is 1. The van der Waals surface area contributed by atoms with Crippen LogP contribution in [0.5, 0.6) is 11.5 Å². The summed E-state index contributed by atoms with van der Waals surface area (Å²) in [6, 6.07) is 12.4. The van der Waals surface area contributed by atoms with Crippen molar-refractivity contribution in [3.8, 4) is 11.5 Å². The summed E-state index contributed by atoms with van der Waals surface area (Å²) < 4.78 is 11.3. The minimum atomic E-state index is -0.0209. The molecular formula is C22H26N4O3. The van der Waals surface area contributed by atoms with E-state index >= 15 is 0 Å². The maximum absolute atomic E-state index is 12.5. The van der Waals surface area contributed by atoms with Crippen molar-refractivity contribution in [2.24, 2.45) is 0 Å². The fourth-order valence-electron chi connectivity index (χ4n) is 4.46. The van der Waals surface area contributed by atoms with Crippen molar-refractivity contribution < 1.29 is 14.3 Å². The molecule has 152 valence electrons. The minimum absolute atomic E-state index is 0.0209. The van der Waals surface area contributed by atoms with Gasteiger partial charge in [0, 0.05) is 36.8 Å². The SMILES string of the molecule is O=C(N[C@@H]1C[C@H]2CC[C@@H]1N2)c1ccc(Oc2ccc(N3CCOCC3)nc2)cc1. The number of nitrogens with one attached hydrogen (secondary N) is 2. The lowest BCUT2D eigenvalue weighted by molar-refractivity contribution is 0.0931. The van der Waals surface area contributed by atoms with Gasteiger partial charge in [-0.25, -0.2) is 4.98 Å². The van der Waals surface area contributed by atoms with E-state index in [1.807, 2.05) is 24.3 Å². The Morgan fingerprint density at radius 1 is 1.10 bits per heavy atom. The Bertz CT molecular complexity index is 849. The molecule has 3 aliphatic rings. The highest BCUT2D eigenvalue weighted by molar-refractivity contribution is 5.94. The average Bonchev–Trinajstić information content (AvgIpc) is 3.39. The largest absolute Gasteiger partial charge is 0.456 e. The Labute approximate surface area is 170 Å². The van der Waals surface area contributed by atoms with Gasteiger partial charge in [-0.1, -0.05) is 0 Å². The lowest BCUT2D eigenvalue weighted by atomic mass is 9.95. The molecule has 5 rings (SSSR count). The van der Waals surface area contributed by atoms with Gasteiger partial charge in [0.1, 0.15) is 17.3 Å². The molecule has 0 aliphatic carbocycles. The number of morpholine rings is 1. The van der Waals surface area contributed by atoms with Crippen molar-refractivity contribution in [2.45, 2.75) is 37.4 Å². The number of pyridine rings is 1. The molecule has 0 saturated carbocycles. The van der Waals surface area contributed by atoms with Crippen LogP contribution in [0.15, 0.2) is 42.6 Å². The summed E-state index contributed by atoms with van der Waals surface area (Å²) >= 11 is 0. The second-order valence-electron chi connectivity index (χ2n) is 7.94. The van der Waals surface area contributed by atoms with E-state index in [4.69, 9.17) is 9.47 Å². The molecule has 1 aromatic heterocycles. The number of rotatable bonds is 5. The Morgan fingerprint density at radius 2 is 1.90 bits per heavy atom. The molecule has 3 saturated heterocycles. The zero-order valence-corrected chi connectivity index (χ0v) is 16.3. The second-order valence-corrected chi connectivity index (χ2v) is 7.94. The van der Waals surface area contributed by atoms with Gasteiger partial charge < -0.3 is 25.0 Å². The first kappa shape index (κ1) is 18.4. The number of anilines is 1. The van der Waals surface area contributed by atoms with E-state index in [0.29, 0.717) is 29.1 Å². The normalized spacial score (nSPS) is 25.8. The van der Waals surface area contributed by atoms with Gasteiger partial charge in [-0.2, -0.15) is 0 Å². The van der Waals surface area contributed by atoms with Crippen molar-refractivity contribution in [2.75, 3.05) is 31.2 Å². The van der Waals surface area contributed by atoms with Crippen LogP contribution >= 0.6 is 0 Å². The van der Waals surface area contributed by atoms with E-state index in [-0.39, 0.29) is 11.9 Å². The van der Waals surface area contributed by atoms with Gasteiger partial charge in [0.25, 0.3) is 5.91 Å². The monoisotopic (exact) mass is 394 g/mol. The number of fused-ring (bicyclic) bond motifs is 2. The van der Waals surface area contributed by atoms with Crippen LogP contribution < -0.4 is 20.3 Å². The van der Waals surface area contributed by atoms with E-state index in [9.17, 15) is 4.79 Å². The number of hydrogen-bond acceptors (Lipinski definition) is 6. The Balaban J connectivity index is 1.17. The Hall–Kier alpha value is -2.64. The van der Waals surface area contributed by atoms with Crippen LogP contribution in [-0.2, 0) is 4.74 Å². The van der Waals surface area contributed by atoms with Crippen molar-refractivity contribution >= 4 is 11.7 Å². The second kappa shape index (κ2) is 8.00. The fourth-order valence-corrected chi connectivity index (χ4v) is 4.46. The highest BCUT2D eigenvalue weighted by Crippen LogP contribution is 2.28. The lowest BCUT2D eigenvalue weighted by Gasteiger charge is -2.27. The molecule has 3 aliphatic heterocycles. The van der Waals surface area contributed by atoms with E-state index in [1.165, 1.54) is 6.42 Å². The predicted octanol–water partition coefficient (Wildman–Crippen LogP) is 2.33. The molecule has 0 radical (unpaired) electrons. The molecule has 0 spiro atoms. The third-order valence-electron chi connectivity index (χ3n) is 6.02. The van der Waals surface area contributed by atoms with Crippen molar-refractivity contribution in [3.63, 3.8) is 0 Å². The molecular weight excluding hydrogens is 368 g/mol. The van der Waals surface area contributed by atoms with Crippen LogP contribution in [0.4, 0.5) is 5.82 Å². The maximum atomic E-state index is 12.5. The van der Waals surface area contributed by atoms with Crippen molar-refractivity contribution in [3.05, 3.63) is 48.2 Å². The minimum Gasteiger partial charge on any atom is -0.456 e. The van der Waals surface area contributed by atoms with Crippen molar-refractivity contribution in [1.29, 1.82) is 0 Å². The highest BCUT2D eigenvalue weighted by Gasteiger charge is 2.39. The average molecular weight is 394 g/mol. The molecule has 4 heterocycles. The third kappa shape index (κ3) is 4.06. The van der Waals surface area contributed by atoms with Crippen LogP contribution in [0.25, 0.3) is 0 Å². The number of amides is 1. The molecule has 7 heteroatoms. The summed E-state index contributed by atoms with van der Waals surface area (Å²) in [5.74, 6) is 2.27. The van der Waals surface area contributed by atoms with Gasteiger partial charge in [0.15, 0.2) is 0 Å². The smallest absolute Gasteiger partial charge is 0.251 e. The van der Waals surface area contributed by atoms with Crippen LogP contribution in [0.2, 0.25) is 0 Å². The van der Waals surface area contributed by atoms with Crippen LogP contribution in [-0.4, -0.2) is 55.3 Å². The topological polar surface area (TPSA) is 75.7 Å². The summed E-state index contributed by atoms with van der Waals surface area (Å²) in [5, 5.41) is 6.71. The lowest BCUT2D eigenvalue weighted by Crippen LogP contribution is -2.42. The van der Waals surface area contributed by atoms with Gasteiger partial charge in [-0.05, 0) is 55.7 Å². The van der Waals surface area contributed by atoms with E-state index in [0.717, 1.165) is 45.0 Å². The van der Waals surface area contributed by atoms with E-state index < -0.39 is 0 Å². The molecule has 3 atom stereocenters. The standard InChI is InChI=1S/C22H26N4O3/c27-22(25-20-13-16-3-7-19(20)24-16)15-1-4-17(5-2-15)29-18-6-8-21(23-14-18)26-9-11-28-12-10-26/h1-2,4-6,8,14,16,19-20,24H,3,7,9-13H2,(H,25,27)/t16-,19+,20-/m1/s1.